The fourth-order valence-electron chi connectivity index (χ4n) is 6.54. The third-order valence-electron chi connectivity index (χ3n) is 8.29. The van der Waals surface area contributed by atoms with Crippen LogP contribution in [0.5, 0.6) is 0 Å². The van der Waals surface area contributed by atoms with Crippen LogP contribution in [0.25, 0.3) is 11.3 Å². The van der Waals surface area contributed by atoms with Gasteiger partial charge >= 0.3 is 0 Å². The second kappa shape index (κ2) is 8.88. The van der Waals surface area contributed by atoms with Crippen molar-refractivity contribution in [2.24, 2.45) is 5.92 Å². The van der Waals surface area contributed by atoms with Gasteiger partial charge < -0.3 is 19.9 Å². The third-order valence-corrected chi connectivity index (χ3v) is 8.29. The van der Waals surface area contributed by atoms with Gasteiger partial charge in [0.05, 0.1) is 24.4 Å². The zero-order valence-corrected chi connectivity index (χ0v) is 19.9. The van der Waals surface area contributed by atoms with E-state index in [9.17, 15) is 14.3 Å². The number of hydrogen-bond donors (Lipinski definition) is 2. The molecule has 3 N–H and O–H groups in total. The molecular formula is C28H32FN4O2+. The van der Waals surface area contributed by atoms with Crippen LogP contribution < -0.4 is 5.32 Å². The molecule has 6 rings (SSSR count). The third kappa shape index (κ3) is 3.78. The van der Waals surface area contributed by atoms with Crippen molar-refractivity contribution in [3.8, 4) is 11.3 Å². The molecule has 3 heterocycles. The Morgan fingerprint density at radius 1 is 1.06 bits per heavy atom. The maximum absolute atomic E-state index is 14.1. The fraction of sp³-hybridized carbons (Fsp3) is 0.429. The van der Waals surface area contributed by atoms with E-state index in [0.717, 1.165) is 67.8 Å². The predicted molar refractivity (Wildman–Crippen MR) is 130 cm³/mol. The molecule has 2 aromatic carbocycles. The molecule has 2 fully saturated rings. The highest BCUT2D eigenvalue weighted by Crippen LogP contribution is 2.47. The lowest BCUT2D eigenvalue weighted by Crippen LogP contribution is -2.85. The first kappa shape index (κ1) is 22.4. The number of hydrogen-bond acceptors (Lipinski definition) is 3. The van der Waals surface area contributed by atoms with Gasteiger partial charge in [-0.3, -0.25) is 4.79 Å². The minimum absolute atomic E-state index is 0.00687. The molecule has 182 valence electrons. The fourth-order valence-corrected chi connectivity index (χ4v) is 6.54. The Kier molecular flexibility index (Phi) is 5.69. The van der Waals surface area contributed by atoms with Crippen LogP contribution in [0.15, 0.2) is 54.6 Å². The number of aliphatic hydroxyl groups is 1. The highest BCUT2D eigenvalue weighted by molar-refractivity contribution is 5.92. The Balaban J connectivity index is 1.36. The summed E-state index contributed by atoms with van der Waals surface area (Å²) in [6.45, 7) is 2.87. The minimum atomic E-state index is -0.913. The predicted octanol–water partition coefficient (Wildman–Crippen LogP) is 3.06. The van der Waals surface area contributed by atoms with Gasteiger partial charge in [0.2, 0.25) is 0 Å². The standard InChI is InChI=1S/C28H31FN4O2/c29-21-12-10-19(11-13-21)25-24-18-30-15-17-32(24)26(31-25)27(34)33-16-14-28(35,20-6-2-1-3-7-20)22-8-4-5-9-23(22)33/h1-3,6-7,10-13,22-23,30,35H,4-5,8-9,14-18H2/p+1/t22-,23+,28-/m0/s1. The molecule has 3 aromatic rings. The van der Waals surface area contributed by atoms with Crippen molar-refractivity contribution in [1.82, 2.24) is 14.5 Å². The lowest BCUT2D eigenvalue weighted by Gasteiger charge is -2.52. The van der Waals surface area contributed by atoms with Crippen molar-refractivity contribution in [3.05, 3.63) is 77.5 Å². The van der Waals surface area contributed by atoms with Crippen molar-refractivity contribution < 1.29 is 19.6 Å². The molecule has 6 nitrogen and oxygen atoms in total. The lowest BCUT2D eigenvalue weighted by molar-refractivity contribution is -0.677. The van der Waals surface area contributed by atoms with Crippen LogP contribution in [-0.4, -0.2) is 44.6 Å². The molecule has 0 radical (unpaired) electrons. The first-order valence-electron chi connectivity index (χ1n) is 12.8. The summed E-state index contributed by atoms with van der Waals surface area (Å²) in [5, 5.41) is 14.1. The minimum Gasteiger partial charge on any atom is -0.385 e. The zero-order valence-electron chi connectivity index (χ0n) is 19.9. The summed E-state index contributed by atoms with van der Waals surface area (Å²) in [7, 11) is 0. The summed E-state index contributed by atoms with van der Waals surface area (Å²) < 4.78 is 15.6. The second-order valence-electron chi connectivity index (χ2n) is 10.2. The Hall–Kier alpha value is -3.03. The van der Waals surface area contributed by atoms with Crippen molar-refractivity contribution in [2.45, 2.75) is 56.8 Å². The molecule has 1 saturated heterocycles. The van der Waals surface area contributed by atoms with Gasteiger partial charge in [-0.25, -0.2) is 9.37 Å². The summed E-state index contributed by atoms with van der Waals surface area (Å²) in [4.78, 5) is 20.9. The second-order valence-corrected chi connectivity index (χ2v) is 10.2. The molecule has 1 aliphatic carbocycles. The average molecular weight is 476 g/mol. The van der Waals surface area contributed by atoms with E-state index in [1.807, 2.05) is 35.2 Å². The Morgan fingerprint density at radius 3 is 2.63 bits per heavy atom. The Morgan fingerprint density at radius 2 is 1.83 bits per heavy atom. The molecule has 35 heavy (non-hydrogen) atoms. The van der Waals surface area contributed by atoms with Crippen molar-refractivity contribution in [3.63, 3.8) is 0 Å². The van der Waals surface area contributed by atoms with Gasteiger partial charge in [-0.05, 0) is 49.1 Å². The van der Waals surface area contributed by atoms with Crippen molar-refractivity contribution in [1.29, 1.82) is 0 Å². The van der Waals surface area contributed by atoms with E-state index in [1.165, 1.54) is 12.1 Å². The van der Waals surface area contributed by atoms with E-state index in [-0.39, 0.29) is 23.7 Å². The molecule has 1 aromatic heterocycles. The van der Waals surface area contributed by atoms with Crippen LogP contribution in [0, 0.1) is 11.7 Å². The molecule has 7 heteroatoms. The monoisotopic (exact) mass is 475 g/mol. The number of rotatable bonds is 3. The van der Waals surface area contributed by atoms with E-state index in [2.05, 4.69) is 9.88 Å². The molecule has 0 unspecified atom stereocenters. The molecule has 3 aliphatic rings. The van der Waals surface area contributed by atoms with E-state index >= 15 is 0 Å². The van der Waals surface area contributed by atoms with Crippen molar-refractivity contribution in [2.75, 3.05) is 13.1 Å². The van der Waals surface area contributed by atoms with E-state index in [4.69, 9.17) is 4.98 Å². The average Bonchev–Trinajstić information content (AvgIpc) is 3.29. The largest absolute Gasteiger partial charge is 0.385 e. The van der Waals surface area contributed by atoms with Crippen LogP contribution >= 0.6 is 0 Å². The number of carbonyl (C=O) groups excluding carboxylic acids is 1. The van der Waals surface area contributed by atoms with Crippen molar-refractivity contribution >= 4 is 5.91 Å². The van der Waals surface area contributed by atoms with Gasteiger partial charge in [-0.2, -0.15) is 0 Å². The van der Waals surface area contributed by atoms with Crippen LogP contribution in [0.1, 0.15) is 54.0 Å². The van der Waals surface area contributed by atoms with E-state index in [1.54, 1.807) is 12.1 Å². The molecule has 0 bridgehead atoms. The van der Waals surface area contributed by atoms with Crippen LogP contribution in [0.2, 0.25) is 0 Å². The number of benzene rings is 2. The summed E-state index contributed by atoms with van der Waals surface area (Å²) in [5.74, 6) is 0.153. The van der Waals surface area contributed by atoms with Gasteiger partial charge in [-0.15, -0.1) is 0 Å². The number of nitrogens with two attached hydrogens (primary N) is 1. The van der Waals surface area contributed by atoms with Crippen LogP contribution in [-0.2, 0) is 18.7 Å². The van der Waals surface area contributed by atoms with Gasteiger partial charge in [0.15, 0.2) is 5.82 Å². The molecule has 1 amide bonds. The number of amides is 1. The highest BCUT2D eigenvalue weighted by Gasteiger charge is 2.51. The van der Waals surface area contributed by atoms with E-state index < -0.39 is 5.60 Å². The number of halogens is 1. The topological polar surface area (TPSA) is 75.0 Å². The molecule has 1 saturated carbocycles. The van der Waals surface area contributed by atoms with Gasteiger partial charge in [0.25, 0.3) is 5.91 Å². The SMILES string of the molecule is O=C(c1nc(-c2ccc(F)cc2)c2n1CC[NH2+]C2)N1CC[C@](O)(c2ccccc2)[C@H]2CCCC[C@H]21. The number of aromatic nitrogens is 2. The summed E-state index contributed by atoms with van der Waals surface area (Å²) in [5.41, 5.74) is 2.66. The van der Waals surface area contributed by atoms with Gasteiger partial charge in [0, 0.05) is 24.1 Å². The number of piperidine rings is 1. The summed E-state index contributed by atoms with van der Waals surface area (Å²) >= 11 is 0. The first-order valence-corrected chi connectivity index (χ1v) is 12.8. The maximum atomic E-state index is 14.1. The first-order chi connectivity index (χ1) is 17.1. The van der Waals surface area contributed by atoms with Gasteiger partial charge in [-0.1, -0.05) is 43.2 Å². The van der Waals surface area contributed by atoms with Crippen LogP contribution in [0.3, 0.4) is 0 Å². The quantitative estimate of drug-likeness (QED) is 0.612. The smallest absolute Gasteiger partial charge is 0.290 e. The number of carbonyl (C=O) groups is 1. The number of likely N-dealkylation sites (tertiary alicyclic amines) is 1. The lowest BCUT2D eigenvalue weighted by atomic mass is 9.66. The summed E-state index contributed by atoms with van der Waals surface area (Å²) in [6.07, 6.45) is 4.47. The maximum Gasteiger partial charge on any atom is 0.290 e. The highest BCUT2D eigenvalue weighted by atomic mass is 19.1. The Bertz CT molecular complexity index is 1230. The summed E-state index contributed by atoms with van der Waals surface area (Å²) in [6, 6.07) is 16.3. The Labute approximate surface area is 204 Å². The number of quaternary nitrogens is 1. The van der Waals surface area contributed by atoms with E-state index in [0.29, 0.717) is 18.8 Å². The number of fused-ring (bicyclic) bond motifs is 2. The van der Waals surface area contributed by atoms with Gasteiger partial charge in [0.1, 0.15) is 18.1 Å². The molecular weight excluding hydrogens is 443 g/mol. The normalized spacial score (nSPS) is 26.2. The molecule has 2 aliphatic heterocycles. The number of imidazole rings is 1. The zero-order chi connectivity index (χ0) is 24.0. The van der Waals surface area contributed by atoms with Crippen LogP contribution in [0.4, 0.5) is 4.39 Å². The number of nitrogens with zero attached hydrogens (tertiary/aromatic N) is 3. The molecule has 3 atom stereocenters. The molecule has 0 spiro atoms.